The van der Waals surface area contributed by atoms with Crippen molar-refractivity contribution in [1.29, 1.82) is 0 Å². The fourth-order valence-corrected chi connectivity index (χ4v) is 2.28. The number of aromatic carboxylic acids is 2. The van der Waals surface area contributed by atoms with E-state index in [0.717, 1.165) is 18.2 Å². The lowest BCUT2D eigenvalue weighted by atomic mass is 10.1. The standard InChI is InChI=1S/C17H14ClNO7/c1-25-14-3-2-11(7-13(14)18)19-15(20)8-26-12-5-9(16(21)22)4-10(6-12)17(23)24/h2-7H,8H2,1H3,(H,19,20)(H,21,22)(H,23,24). The molecule has 0 saturated carbocycles. The molecule has 26 heavy (non-hydrogen) atoms. The lowest BCUT2D eigenvalue weighted by Gasteiger charge is -2.10. The molecule has 0 atom stereocenters. The van der Waals surface area contributed by atoms with Crippen LogP contribution in [0.1, 0.15) is 20.7 Å². The number of halogens is 1. The quantitative estimate of drug-likeness (QED) is 0.676. The van der Waals surface area contributed by atoms with Gasteiger partial charge >= 0.3 is 11.9 Å². The third kappa shape index (κ3) is 4.87. The lowest BCUT2D eigenvalue weighted by molar-refractivity contribution is -0.118. The monoisotopic (exact) mass is 379 g/mol. The first-order valence-corrected chi connectivity index (χ1v) is 7.56. The number of ether oxygens (including phenoxy) is 2. The van der Waals surface area contributed by atoms with Crippen LogP contribution in [0.2, 0.25) is 5.02 Å². The highest BCUT2D eigenvalue weighted by molar-refractivity contribution is 6.32. The molecule has 8 nitrogen and oxygen atoms in total. The molecule has 0 fully saturated rings. The Balaban J connectivity index is 2.06. The highest BCUT2D eigenvalue weighted by Crippen LogP contribution is 2.27. The van der Waals surface area contributed by atoms with Crippen LogP contribution in [0.4, 0.5) is 5.69 Å². The van der Waals surface area contributed by atoms with E-state index < -0.39 is 24.5 Å². The van der Waals surface area contributed by atoms with Crippen LogP contribution in [0.3, 0.4) is 0 Å². The van der Waals surface area contributed by atoms with E-state index in [1.165, 1.54) is 13.2 Å². The summed E-state index contributed by atoms with van der Waals surface area (Å²) in [6.07, 6.45) is 0. The minimum Gasteiger partial charge on any atom is -0.495 e. The predicted molar refractivity (Wildman–Crippen MR) is 92.5 cm³/mol. The summed E-state index contributed by atoms with van der Waals surface area (Å²) in [5, 5.41) is 20.9. The normalized spacial score (nSPS) is 10.1. The number of carboxylic acid groups (broad SMARTS) is 2. The van der Waals surface area contributed by atoms with Gasteiger partial charge in [0.1, 0.15) is 11.5 Å². The maximum atomic E-state index is 11.9. The number of carboxylic acids is 2. The summed E-state index contributed by atoms with van der Waals surface area (Å²) in [7, 11) is 1.46. The second-order valence-corrected chi connectivity index (χ2v) is 5.45. The lowest BCUT2D eigenvalue weighted by Crippen LogP contribution is -2.20. The number of carbonyl (C=O) groups excluding carboxylic acids is 1. The topological polar surface area (TPSA) is 122 Å². The maximum Gasteiger partial charge on any atom is 0.335 e. The zero-order valence-corrected chi connectivity index (χ0v) is 14.2. The van der Waals surface area contributed by atoms with E-state index in [0.29, 0.717) is 16.5 Å². The van der Waals surface area contributed by atoms with Crippen LogP contribution in [0.15, 0.2) is 36.4 Å². The number of benzene rings is 2. The van der Waals surface area contributed by atoms with Gasteiger partial charge in [-0.3, -0.25) is 4.79 Å². The molecular weight excluding hydrogens is 366 g/mol. The summed E-state index contributed by atoms with van der Waals surface area (Å²) in [4.78, 5) is 34.0. The molecular formula is C17H14ClNO7. The molecule has 2 aromatic carbocycles. The number of carbonyl (C=O) groups is 3. The predicted octanol–water partition coefficient (Wildman–Crippen LogP) is 2.76. The molecule has 0 radical (unpaired) electrons. The van der Waals surface area contributed by atoms with E-state index in [9.17, 15) is 14.4 Å². The minimum atomic E-state index is -1.31. The van der Waals surface area contributed by atoms with Crippen LogP contribution in [0, 0.1) is 0 Å². The van der Waals surface area contributed by atoms with Gasteiger partial charge in [-0.25, -0.2) is 9.59 Å². The number of nitrogens with one attached hydrogen (secondary N) is 1. The molecule has 0 unspecified atom stereocenters. The van der Waals surface area contributed by atoms with Gasteiger partial charge in [-0.2, -0.15) is 0 Å². The molecule has 9 heteroatoms. The highest BCUT2D eigenvalue weighted by atomic mass is 35.5. The van der Waals surface area contributed by atoms with Gasteiger partial charge in [-0.15, -0.1) is 0 Å². The van der Waals surface area contributed by atoms with Gasteiger partial charge in [-0.05, 0) is 36.4 Å². The van der Waals surface area contributed by atoms with Gasteiger partial charge in [0, 0.05) is 5.69 Å². The van der Waals surface area contributed by atoms with Crippen molar-refractivity contribution >= 4 is 35.1 Å². The molecule has 0 aliphatic carbocycles. The van der Waals surface area contributed by atoms with Crippen molar-refractivity contribution in [1.82, 2.24) is 0 Å². The average Bonchev–Trinajstić information content (AvgIpc) is 2.59. The minimum absolute atomic E-state index is 0.0507. The second kappa shape index (κ2) is 8.21. The van der Waals surface area contributed by atoms with Crippen molar-refractivity contribution in [3.05, 3.63) is 52.5 Å². The molecule has 0 heterocycles. The van der Waals surface area contributed by atoms with Gasteiger partial charge in [0.25, 0.3) is 5.91 Å². The van der Waals surface area contributed by atoms with E-state index in [2.05, 4.69) is 5.32 Å². The van der Waals surface area contributed by atoms with Crippen LogP contribution < -0.4 is 14.8 Å². The Bertz CT molecular complexity index is 834. The maximum absolute atomic E-state index is 11.9. The largest absolute Gasteiger partial charge is 0.495 e. The van der Waals surface area contributed by atoms with Gasteiger partial charge < -0.3 is 25.0 Å². The summed E-state index contributed by atoms with van der Waals surface area (Å²) in [5.41, 5.74) is -0.112. The van der Waals surface area contributed by atoms with E-state index >= 15 is 0 Å². The average molecular weight is 380 g/mol. The zero-order chi connectivity index (χ0) is 19.3. The molecule has 136 valence electrons. The number of anilines is 1. The zero-order valence-electron chi connectivity index (χ0n) is 13.5. The summed E-state index contributed by atoms with van der Waals surface area (Å²) in [6, 6.07) is 7.91. The first-order valence-electron chi connectivity index (χ1n) is 7.18. The van der Waals surface area contributed by atoms with Crippen molar-refractivity contribution in [3.63, 3.8) is 0 Å². The van der Waals surface area contributed by atoms with Gasteiger partial charge in [-0.1, -0.05) is 11.6 Å². The molecule has 0 bridgehead atoms. The smallest absolute Gasteiger partial charge is 0.335 e. The van der Waals surface area contributed by atoms with Crippen molar-refractivity contribution in [2.24, 2.45) is 0 Å². The first kappa shape index (κ1) is 19.1. The Morgan fingerprint density at radius 3 is 2.15 bits per heavy atom. The van der Waals surface area contributed by atoms with Crippen LogP contribution >= 0.6 is 11.6 Å². The Kier molecular flexibility index (Phi) is 6.03. The van der Waals surface area contributed by atoms with Crippen LogP contribution in [-0.2, 0) is 4.79 Å². The third-order valence-electron chi connectivity index (χ3n) is 3.21. The Hall–Kier alpha value is -3.26. The van der Waals surface area contributed by atoms with Crippen molar-refractivity contribution in [3.8, 4) is 11.5 Å². The fourth-order valence-electron chi connectivity index (χ4n) is 2.02. The third-order valence-corrected chi connectivity index (χ3v) is 3.50. The molecule has 0 aromatic heterocycles. The molecule has 0 aliphatic heterocycles. The molecule has 2 aromatic rings. The summed E-state index contributed by atoms with van der Waals surface area (Å²) in [6.45, 7) is -0.453. The van der Waals surface area contributed by atoms with E-state index in [1.807, 2.05) is 0 Å². The SMILES string of the molecule is COc1ccc(NC(=O)COc2cc(C(=O)O)cc(C(=O)O)c2)cc1Cl. The first-order chi connectivity index (χ1) is 12.3. The number of hydrogen-bond acceptors (Lipinski definition) is 5. The summed E-state index contributed by atoms with van der Waals surface area (Å²) in [5.74, 6) is -2.76. The van der Waals surface area contributed by atoms with E-state index in [4.69, 9.17) is 31.3 Å². The van der Waals surface area contributed by atoms with Crippen LogP contribution in [-0.4, -0.2) is 41.8 Å². The van der Waals surface area contributed by atoms with Crippen LogP contribution in [0.25, 0.3) is 0 Å². The molecule has 2 rings (SSSR count). The fraction of sp³-hybridized carbons (Fsp3) is 0.118. The summed E-state index contributed by atoms with van der Waals surface area (Å²) < 4.78 is 10.2. The number of methoxy groups -OCH3 is 1. The number of amides is 1. The van der Waals surface area contributed by atoms with Crippen molar-refractivity contribution < 1.29 is 34.1 Å². The molecule has 3 N–H and O–H groups in total. The van der Waals surface area contributed by atoms with Gasteiger partial charge in [0.15, 0.2) is 6.61 Å². The van der Waals surface area contributed by atoms with Gasteiger partial charge in [0.05, 0.1) is 23.3 Å². The van der Waals surface area contributed by atoms with Crippen molar-refractivity contribution in [2.45, 2.75) is 0 Å². The molecule has 1 amide bonds. The second-order valence-electron chi connectivity index (χ2n) is 5.04. The number of rotatable bonds is 7. The Morgan fingerprint density at radius 2 is 1.65 bits per heavy atom. The van der Waals surface area contributed by atoms with E-state index in [-0.39, 0.29) is 16.9 Å². The molecule has 0 spiro atoms. The van der Waals surface area contributed by atoms with Gasteiger partial charge in [0.2, 0.25) is 0 Å². The number of hydrogen-bond donors (Lipinski definition) is 3. The van der Waals surface area contributed by atoms with Crippen molar-refractivity contribution in [2.75, 3.05) is 19.0 Å². The van der Waals surface area contributed by atoms with E-state index in [1.54, 1.807) is 12.1 Å². The van der Waals surface area contributed by atoms with Crippen LogP contribution in [0.5, 0.6) is 11.5 Å². The highest BCUT2D eigenvalue weighted by Gasteiger charge is 2.13. The molecule has 0 saturated heterocycles. The Labute approximate surface area is 152 Å². The Morgan fingerprint density at radius 1 is 1.04 bits per heavy atom. The summed E-state index contributed by atoms with van der Waals surface area (Å²) >= 11 is 5.96. The molecule has 0 aliphatic rings.